The largest absolute Gasteiger partial charge is 0.511 e. The molecule has 2 heterocycles. The highest BCUT2D eigenvalue weighted by atomic mass is 35.5. The number of nitrogens with zero attached hydrogens (tertiary/aromatic N) is 2. The number of aromatic nitrogens is 1. The van der Waals surface area contributed by atoms with Crippen molar-refractivity contribution in [3.8, 4) is 5.75 Å². The molecule has 1 unspecified atom stereocenters. The average molecular weight is 418 g/mol. The van der Waals surface area contributed by atoms with Gasteiger partial charge >= 0.3 is 6.16 Å². The number of piperazine rings is 1. The van der Waals surface area contributed by atoms with Crippen LogP contribution in [0.15, 0.2) is 17.1 Å². The predicted octanol–water partition coefficient (Wildman–Crippen LogP) is 2.84. The molecule has 4 rings (SSSR count). The summed E-state index contributed by atoms with van der Waals surface area (Å²) in [6.07, 6.45) is -1.51. The molecule has 11 heteroatoms. The lowest BCUT2D eigenvalue weighted by atomic mass is 10.1. The van der Waals surface area contributed by atoms with Crippen LogP contribution in [-0.4, -0.2) is 47.9 Å². The van der Waals surface area contributed by atoms with E-state index in [0.29, 0.717) is 26.2 Å². The molecule has 150 valence electrons. The van der Waals surface area contributed by atoms with Gasteiger partial charge in [-0.25, -0.2) is 18.0 Å². The minimum Gasteiger partial charge on any atom is -0.449 e. The van der Waals surface area contributed by atoms with E-state index in [4.69, 9.17) is 16.7 Å². The normalized spacial score (nSPS) is 21.0. The van der Waals surface area contributed by atoms with Crippen molar-refractivity contribution in [1.82, 2.24) is 9.88 Å². The molecule has 1 aliphatic heterocycles. The maximum absolute atomic E-state index is 15.5. The third-order valence-electron chi connectivity index (χ3n) is 4.91. The van der Waals surface area contributed by atoms with Crippen LogP contribution in [0.2, 0.25) is 5.02 Å². The summed E-state index contributed by atoms with van der Waals surface area (Å²) in [5, 5.41) is 11.5. The van der Waals surface area contributed by atoms with Gasteiger partial charge in [-0.05, 0) is 6.07 Å². The fourth-order valence-electron chi connectivity index (χ4n) is 3.50. The molecule has 1 aliphatic carbocycles. The van der Waals surface area contributed by atoms with Crippen LogP contribution < -0.4 is 20.4 Å². The van der Waals surface area contributed by atoms with Crippen LogP contribution in [0.25, 0.3) is 10.9 Å². The second kappa shape index (κ2) is 6.56. The minimum absolute atomic E-state index is 0.0275. The summed E-state index contributed by atoms with van der Waals surface area (Å²) >= 11 is 6.22. The summed E-state index contributed by atoms with van der Waals surface area (Å²) in [4.78, 5) is 25.1. The molecule has 1 saturated carbocycles. The van der Waals surface area contributed by atoms with Crippen LogP contribution in [-0.2, 0) is 0 Å². The molecule has 28 heavy (non-hydrogen) atoms. The second-order valence-electron chi connectivity index (χ2n) is 6.73. The molecule has 1 atom stereocenters. The number of ether oxygens (including phenoxy) is 1. The Bertz CT molecular complexity index is 1040. The van der Waals surface area contributed by atoms with E-state index < -0.39 is 41.5 Å². The number of nitrogens with one attached hydrogen (secondary N) is 1. The van der Waals surface area contributed by atoms with Gasteiger partial charge in [0.2, 0.25) is 5.43 Å². The fraction of sp³-hybridized carbons (Fsp3) is 0.412. The van der Waals surface area contributed by atoms with Crippen molar-refractivity contribution in [2.75, 3.05) is 31.1 Å². The van der Waals surface area contributed by atoms with Gasteiger partial charge in [0.25, 0.3) is 5.92 Å². The van der Waals surface area contributed by atoms with E-state index in [2.05, 4.69) is 10.1 Å². The van der Waals surface area contributed by atoms with Crippen molar-refractivity contribution < 1.29 is 27.8 Å². The Labute approximate surface area is 161 Å². The van der Waals surface area contributed by atoms with Crippen LogP contribution >= 0.6 is 11.6 Å². The van der Waals surface area contributed by atoms with E-state index in [9.17, 15) is 18.4 Å². The molecule has 0 radical (unpaired) electrons. The Morgan fingerprint density at radius 2 is 2.00 bits per heavy atom. The molecule has 2 aliphatic rings. The third-order valence-corrected chi connectivity index (χ3v) is 5.20. The number of hydrogen-bond acceptors (Lipinski definition) is 5. The first-order chi connectivity index (χ1) is 13.2. The minimum atomic E-state index is -3.09. The number of halogens is 4. The van der Waals surface area contributed by atoms with Crippen molar-refractivity contribution in [1.29, 1.82) is 0 Å². The van der Waals surface area contributed by atoms with E-state index >= 15 is 4.39 Å². The van der Waals surface area contributed by atoms with Gasteiger partial charge in [-0.1, -0.05) is 11.6 Å². The number of alkyl halides is 2. The number of anilines is 1. The van der Waals surface area contributed by atoms with E-state index in [1.165, 1.54) is 6.07 Å². The van der Waals surface area contributed by atoms with E-state index in [0.717, 1.165) is 10.8 Å². The molecule has 7 nitrogen and oxygen atoms in total. The zero-order valence-corrected chi connectivity index (χ0v) is 15.1. The highest BCUT2D eigenvalue weighted by molar-refractivity contribution is 6.34. The average Bonchev–Trinajstić information content (AvgIpc) is 3.26. The summed E-state index contributed by atoms with van der Waals surface area (Å²) in [6, 6.07) is -0.232. The SMILES string of the molecule is O=C(O)Oc1cn(C2CC2(F)F)c2c(F)c(N3CCNCC3)c(Cl)cc2c1=O. The fourth-order valence-corrected chi connectivity index (χ4v) is 3.81. The maximum Gasteiger partial charge on any atom is 0.511 e. The van der Waals surface area contributed by atoms with Crippen molar-refractivity contribution in [3.63, 3.8) is 0 Å². The van der Waals surface area contributed by atoms with Gasteiger partial charge in [0.15, 0.2) is 11.6 Å². The maximum atomic E-state index is 15.5. The van der Waals surface area contributed by atoms with Gasteiger partial charge in [-0.3, -0.25) is 4.79 Å². The van der Waals surface area contributed by atoms with Gasteiger partial charge in [-0.2, -0.15) is 0 Å². The van der Waals surface area contributed by atoms with Gasteiger partial charge in [0.05, 0.1) is 27.8 Å². The van der Waals surface area contributed by atoms with E-state index in [-0.39, 0.29) is 21.6 Å². The standard InChI is InChI=1S/C17H15ClF3N3O4/c18-9-5-8-13(12(19)14(9)23-3-1-22-2-4-23)24(11-6-17(11,20)21)7-10(15(8)25)28-16(26)27/h5,7,11,22H,1-4,6H2,(H,26,27). The number of hydrogen-bond donors (Lipinski definition) is 2. The predicted molar refractivity (Wildman–Crippen MR) is 95.5 cm³/mol. The first-order valence-corrected chi connectivity index (χ1v) is 8.89. The highest BCUT2D eigenvalue weighted by Crippen LogP contribution is 2.54. The molecule has 2 aromatic rings. The van der Waals surface area contributed by atoms with Crippen molar-refractivity contribution in [2.45, 2.75) is 18.4 Å². The van der Waals surface area contributed by atoms with Gasteiger partial charge in [-0.15, -0.1) is 0 Å². The number of carbonyl (C=O) groups is 1. The zero-order chi connectivity index (χ0) is 20.2. The number of pyridine rings is 1. The second-order valence-corrected chi connectivity index (χ2v) is 7.14. The summed E-state index contributed by atoms with van der Waals surface area (Å²) < 4.78 is 48.3. The highest BCUT2D eigenvalue weighted by Gasteiger charge is 2.58. The molecule has 2 fully saturated rings. The molecule has 1 aromatic carbocycles. The van der Waals surface area contributed by atoms with E-state index in [1.807, 2.05) is 0 Å². The van der Waals surface area contributed by atoms with Crippen molar-refractivity contribution in [2.24, 2.45) is 0 Å². The molecule has 0 spiro atoms. The molecule has 2 N–H and O–H groups in total. The van der Waals surface area contributed by atoms with Gasteiger partial charge in [0.1, 0.15) is 6.04 Å². The lowest BCUT2D eigenvalue weighted by Gasteiger charge is -2.31. The summed E-state index contributed by atoms with van der Waals surface area (Å²) in [5.41, 5.74) is -1.26. The Kier molecular flexibility index (Phi) is 4.42. The smallest absolute Gasteiger partial charge is 0.449 e. The Balaban J connectivity index is 1.99. The van der Waals surface area contributed by atoms with E-state index in [1.54, 1.807) is 4.90 Å². The monoisotopic (exact) mass is 417 g/mol. The lowest BCUT2D eigenvalue weighted by Crippen LogP contribution is -2.44. The molecule has 1 aromatic heterocycles. The Hall–Kier alpha value is -2.46. The van der Waals surface area contributed by atoms with Crippen molar-refractivity contribution >= 4 is 34.3 Å². The van der Waals surface area contributed by atoms with Crippen LogP contribution in [0.1, 0.15) is 12.5 Å². The summed E-state index contributed by atoms with van der Waals surface area (Å²) in [5.74, 6) is -4.68. The number of fused-ring (bicyclic) bond motifs is 1. The molecular weight excluding hydrogens is 403 g/mol. The summed E-state index contributed by atoms with van der Waals surface area (Å²) in [7, 11) is 0. The number of carboxylic acid groups (broad SMARTS) is 1. The Morgan fingerprint density at radius 3 is 2.57 bits per heavy atom. The zero-order valence-electron chi connectivity index (χ0n) is 14.3. The molecule has 0 amide bonds. The van der Waals surface area contributed by atoms with Gasteiger partial charge in [0, 0.05) is 32.6 Å². The number of benzene rings is 1. The number of rotatable bonds is 3. The van der Waals surface area contributed by atoms with Crippen LogP contribution in [0, 0.1) is 5.82 Å². The molecule has 1 saturated heterocycles. The Morgan fingerprint density at radius 1 is 1.36 bits per heavy atom. The first kappa shape index (κ1) is 18.9. The van der Waals surface area contributed by atoms with Crippen LogP contribution in [0.4, 0.5) is 23.7 Å². The molecule has 0 bridgehead atoms. The van der Waals surface area contributed by atoms with Crippen LogP contribution in [0.5, 0.6) is 5.75 Å². The summed E-state index contributed by atoms with van der Waals surface area (Å²) in [6.45, 7) is 2.08. The lowest BCUT2D eigenvalue weighted by molar-refractivity contribution is 0.101. The molecular formula is C17H15ClF3N3O4. The van der Waals surface area contributed by atoms with Gasteiger partial charge < -0.3 is 24.6 Å². The quantitative estimate of drug-likeness (QED) is 0.747. The third kappa shape index (κ3) is 3.06. The van der Waals surface area contributed by atoms with Crippen LogP contribution in [0.3, 0.4) is 0 Å². The topological polar surface area (TPSA) is 83.8 Å². The van der Waals surface area contributed by atoms with Crippen molar-refractivity contribution in [3.05, 3.63) is 33.3 Å². The first-order valence-electron chi connectivity index (χ1n) is 8.52.